The number of hydrogen-bond donors (Lipinski definition) is 1. The predicted molar refractivity (Wildman–Crippen MR) is 88.8 cm³/mol. The zero-order chi connectivity index (χ0) is 16.8. The minimum absolute atomic E-state index is 0.366. The first-order valence-electron chi connectivity index (χ1n) is 7.53. The molecule has 0 aromatic heterocycles. The molecule has 1 amide bonds. The standard InChI is InChI=1S/C18H27NO3/c1-6-10-16(20)15(13-14-11-8-7-9-12-14)19(5)17(21)22-18(2,3)4/h6-9,11-12,15-16,20H,1,10,13H2,2-5H3/t15-,16+/m0/s1. The maximum atomic E-state index is 12.3. The molecule has 4 heteroatoms. The van der Waals surface area contributed by atoms with Crippen molar-refractivity contribution in [2.75, 3.05) is 7.05 Å². The lowest BCUT2D eigenvalue weighted by molar-refractivity contribution is 0.00267. The highest BCUT2D eigenvalue weighted by molar-refractivity contribution is 5.68. The predicted octanol–water partition coefficient (Wildman–Crippen LogP) is 3.40. The van der Waals surface area contributed by atoms with Crippen molar-refractivity contribution in [3.63, 3.8) is 0 Å². The molecule has 4 nitrogen and oxygen atoms in total. The molecule has 1 rings (SSSR count). The fraction of sp³-hybridized carbons (Fsp3) is 0.500. The number of aliphatic hydroxyl groups is 1. The monoisotopic (exact) mass is 305 g/mol. The van der Waals surface area contributed by atoms with Crippen LogP contribution in [0.1, 0.15) is 32.8 Å². The Kier molecular flexibility index (Phi) is 6.62. The first kappa shape index (κ1) is 18.2. The van der Waals surface area contributed by atoms with Gasteiger partial charge in [0.2, 0.25) is 0 Å². The number of amides is 1. The number of rotatable bonds is 6. The Morgan fingerprint density at radius 3 is 2.45 bits per heavy atom. The largest absolute Gasteiger partial charge is 0.444 e. The van der Waals surface area contributed by atoms with Gasteiger partial charge in [0.15, 0.2) is 0 Å². The lowest BCUT2D eigenvalue weighted by atomic mass is 9.98. The van der Waals surface area contributed by atoms with E-state index < -0.39 is 17.8 Å². The summed E-state index contributed by atoms with van der Waals surface area (Å²) >= 11 is 0. The summed E-state index contributed by atoms with van der Waals surface area (Å²) in [5.74, 6) is 0. The van der Waals surface area contributed by atoms with Crippen molar-refractivity contribution < 1.29 is 14.6 Å². The van der Waals surface area contributed by atoms with Gasteiger partial charge in [-0.1, -0.05) is 36.4 Å². The Hall–Kier alpha value is -1.81. The molecular weight excluding hydrogens is 278 g/mol. The van der Waals surface area contributed by atoms with Crippen LogP contribution >= 0.6 is 0 Å². The first-order chi connectivity index (χ1) is 10.2. The Morgan fingerprint density at radius 2 is 1.95 bits per heavy atom. The molecule has 0 heterocycles. The highest BCUT2D eigenvalue weighted by Crippen LogP contribution is 2.17. The SMILES string of the molecule is C=CC[C@@H](O)[C@H](Cc1ccccc1)N(C)C(=O)OC(C)(C)C. The van der Waals surface area contributed by atoms with Gasteiger partial charge in [0.25, 0.3) is 0 Å². The molecule has 22 heavy (non-hydrogen) atoms. The molecule has 0 fully saturated rings. The number of aliphatic hydroxyl groups excluding tert-OH is 1. The van der Waals surface area contributed by atoms with Crippen LogP contribution in [0, 0.1) is 0 Å². The van der Waals surface area contributed by atoms with Gasteiger partial charge in [-0.25, -0.2) is 4.79 Å². The number of carbonyl (C=O) groups is 1. The van der Waals surface area contributed by atoms with Crippen LogP contribution in [0.2, 0.25) is 0 Å². The van der Waals surface area contributed by atoms with E-state index in [1.54, 1.807) is 13.1 Å². The van der Waals surface area contributed by atoms with Gasteiger partial charge in [0.05, 0.1) is 12.1 Å². The third-order valence-corrected chi connectivity index (χ3v) is 3.32. The maximum Gasteiger partial charge on any atom is 0.410 e. The van der Waals surface area contributed by atoms with Gasteiger partial charge in [-0.3, -0.25) is 0 Å². The Balaban J connectivity index is 2.89. The molecule has 0 bridgehead atoms. The number of ether oxygens (including phenoxy) is 1. The van der Waals surface area contributed by atoms with E-state index >= 15 is 0 Å². The second-order valence-corrected chi connectivity index (χ2v) is 6.44. The van der Waals surface area contributed by atoms with Crippen molar-refractivity contribution in [1.82, 2.24) is 4.90 Å². The minimum atomic E-state index is -0.685. The molecule has 1 N–H and O–H groups in total. The summed E-state index contributed by atoms with van der Waals surface area (Å²) in [5.41, 5.74) is 0.498. The molecule has 0 radical (unpaired) electrons. The van der Waals surface area contributed by atoms with Crippen LogP contribution in [0.25, 0.3) is 0 Å². The summed E-state index contributed by atoms with van der Waals surface area (Å²) in [5, 5.41) is 10.4. The fourth-order valence-corrected chi connectivity index (χ4v) is 2.18. The van der Waals surface area contributed by atoms with E-state index in [0.717, 1.165) is 5.56 Å². The Morgan fingerprint density at radius 1 is 1.36 bits per heavy atom. The summed E-state index contributed by atoms with van der Waals surface area (Å²) in [6, 6.07) is 9.43. The number of likely N-dealkylation sites (N-methyl/N-ethyl adjacent to an activating group) is 1. The molecule has 122 valence electrons. The van der Waals surface area contributed by atoms with Gasteiger partial charge < -0.3 is 14.7 Å². The van der Waals surface area contributed by atoms with E-state index in [1.165, 1.54) is 4.90 Å². The molecule has 1 aromatic carbocycles. The molecule has 0 aliphatic carbocycles. The van der Waals surface area contributed by atoms with E-state index in [0.29, 0.717) is 12.8 Å². The number of nitrogens with zero attached hydrogens (tertiary/aromatic N) is 1. The maximum absolute atomic E-state index is 12.3. The number of benzene rings is 1. The summed E-state index contributed by atoms with van der Waals surface area (Å²) in [4.78, 5) is 13.7. The quantitative estimate of drug-likeness (QED) is 0.820. The van der Waals surface area contributed by atoms with Gasteiger partial charge in [-0.05, 0) is 39.2 Å². The molecule has 0 aliphatic heterocycles. The van der Waals surface area contributed by atoms with Crippen LogP contribution in [-0.2, 0) is 11.2 Å². The van der Waals surface area contributed by atoms with E-state index in [9.17, 15) is 9.90 Å². The average Bonchev–Trinajstić information content (AvgIpc) is 2.43. The zero-order valence-corrected chi connectivity index (χ0v) is 14.0. The van der Waals surface area contributed by atoms with Gasteiger partial charge in [0.1, 0.15) is 5.60 Å². The Bertz CT molecular complexity index is 479. The lowest BCUT2D eigenvalue weighted by Gasteiger charge is -2.33. The molecule has 0 spiro atoms. The Labute approximate surface area is 133 Å². The second-order valence-electron chi connectivity index (χ2n) is 6.44. The van der Waals surface area contributed by atoms with Crippen molar-refractivity contribution in [3.8, 4) is 0 Å². The molecule has 1 aromatic rings. The highest BCUT2D eigenvalue weighted by Gasteiger charge is 2.29. The van der Waals surface area contributed by atoms with Crippen molar-refractivity contribution in [2.24, 2.45) is 0 Å². The second kappa shape index (κ2) is 7.99. The molecular formula is C18H27NO3. The van der Waals surface area contributed by atoms with Crippen molar-refractivity contribution in [3.05, 3.63) is 48.6 Å². The van der Waals surface area contributed by atoms with Crippen LogP contribution in [-0.4, -0.2) is 40.9 Å². The van der Waals surface area contributed by atoms with Gasteiger partial charge >= 0.3 is 6.09 Å². The van der Waals surface area contributed by atoms with Gasteiger partial charge in [0, 0.05) is 7.05 Å². The summed E-state index contributed by atoms with van der Waals surface area (Å²) in [6.07, 6.45) is 1.52. The first-order valence-corrected chi connectivity index (χ1v) is 7.53. The van der Waals surface area contributed by atoms with Gasteiger partial charge in [-0.2, -0.15) is 0 Å². The third kappa shape index (κ3) is 5.90. The molecule has 2 atom stereocenters. The highest BCUT2D eigenvalue weighted by atomic mass is 16.6. The summed E-state index contributed by atoms with van der Waals surface area (Å²) < 4.78 is 5.40. The molecule has 0 saturated heterocycles. The summed E-state index contributed by atoms with van der Waals surface area (Å²) in [6.45, 7) is 9.13. The normalized spacial score (nSPS) is 14.0. The zero-order valence-electron chi connectivity index (χ0n) is 14.0. The minimum Gasteiger partial charge on any atom is -0.444 e. The van der Waals surface area contributed by atoms with E-state index in [-0.39, 0.29) is 6.04 Å². The number of carbonyl (C=O) groups excluding carboxylic acids is 1. The smallest absolute Gasteiger partial charge is 0.410 e. The molecule has 0 unspecified atom stereocenters. The topological polar surface area (TPSA) is 49.8 Å². The van der Waals surface area contributed by atoms with Crippen molar-refractivity contribution >= 4 is 6.09 Å². The fourth-order valence-electron chi connectivity index (χ4n) is 2.18. The van der Waals surface area contributed by atoms with Crippen LogP contribution < -0.4 is 0 Å². The van der Waals surface area contributed by atoms with Crippen LogP contribution in [0.4, 0.5) is 4.79 Å². The third-order valence-electron chi connectivity index (χ3n) is 3.32. The van der Waals surface area contributed by atoms with Gasteiger partial charge in [-0.15, -0.1) is 6.58 Å². The van der Waals surface area contributed by atoms with Crippen molar-refractivity contribution in [2.45, 2.75) is 51.4 Å². The number of hydrogen-bond acceptors (Lipinski definition) is 3. The van der Waals surface area contributed by atoms with Crippen LogP contribution in [0.15, 0.2) is 43.0 Å². The molecule has 0 saturated carbocycles. The van der Waals surface area contributed by atoms with E-state index in [2.05, 4.69) is 6.58 Å². The lowest BCUT2D eigenvalue weighted by Crippen LogP contribution is -2.47. The van der Waals surface area contributed by atoms with Crippen LogP contribution in [0.3, 0.4) is 0 Å². The van der Waals surface area contributed by atoms with E-state index in [1.807, 2.05) is 51.1 Å². The molecule has 0 aliphatic rings. The average molecular weight is 305 g/mol. The summed E-state index contributed by atoms with van der Waals surface area (Å²) in [7, 11) is 1.66. The van der Waals surface area contributed by atoms with E-state index in [4.69, 9.17) is 4.74 Å². The van der Waals surface area contributed by atoms with Crippen molar-refractivity contribution in [1.29, 1.82) is 0 Å². The van der Waals surface area contributed by atoms with Crippen LogP contribution in [0.5, 0.6) is 0 Å².